The van der Waals surface area contributed by atoms with Crippen LogP contribution in [0.1, 0.15) is 67.7 Å². The Morgan fingerprint density at radius 3 is 1.06 bits per heavy atom. The lowest BCUT2D eigenvalue weighted by Gasteiger charge is -2.11. The van der Waals surface area contributed by atoms with Crippen molar-refractivity contribution in [1.82, 2.24) is 0 Å². The van der Waals surface area contributed by atoms with Gasteiger partial charge in [0.25, 0.3) is 0 Å². The average molecular weight is 274 g/mol. The fourth-order valence-electron chi connectivity index (χ4n) is 0.231. The van der Waals surface area contributed by atoms with Crippen molar-refractivity contribution in [3.8, 4) is 0 Å². The van der Waals surface area contributed by atoms with Crippen LogP contribution in [-0.2, 0) is 0 Å². The van der Waals surface area contributed by atoms with Crippen molar-refractivity contribution in [3.63, 3.8) is 0 Å². The molecule has 0 fully saturated rings. The van der Waals surface area contributed by atoms with Crippen LogP contribution in [0.3, 0.4) is 0 Å². The molecule has 114 valence electrons. The van der Waals surface area contributed by atoms with Crippen molar-refractivity contribution < 1.29 is 17.6 Å². The van der Waals surface area contributed by atoms with Crippen LogP contribution >= 0.6 is 0 Å². The Kier molecular flexibility index (Phi) is 16.7. The molecular formula is C14H30F4. The molecule has 0 aromatic rings. The molecule has 0 aliphatic rings. The van der Waals surface area contributed by atoms with E-state index < -0.39 is 18.3 Å². The Hall–Kier alpha value is -0.280. The van der Waals surface area contributed by atoms with Crippen LogP contribution in [0.15, 0.2) is 0 Å². The minimum Gasteiger partial charge on any atom is -0.248 e. The van der Waals surface area contributed by atoms with E-state index in [1.807, 2.05) is 6.92 Å². The Labute approximate surface area is 110 Å². The second-order valence-electron chi connectivity index (χ2n) is 4.84. The van der Waals surface area contributed by atoms with Crippen molar-refractivity contribution in [1.29, 1.82) is 0 Å². The zero-order chi connectivity index (χ0) is 15.4. The normalized spacial score (nSPS) is 14.0. The second kappa shape index (κ2) is 13.2. The molecule has 4 heteroatoms. The van der Waals surface area contributed by atoms with E-state index in [0.717, 1.165) is 5.92 Å². The van der Waals surface area contributed by atoms with Crippen LogP contribution in [0, 0.1) is 11.8 Å². The molecule has 0 amide bonds. The highest BCUT2D eigenvalue weighted by atomic mass is 19.4. The number of hydrogen-bond donors (Lipinski definition) is 0. The maximum atomic E-state index is 11.4. The van der Waals surface area contributed by atoms with Crippen molar-refractivity contribution >= 4 is 0 Å². The first-order valence-electron chi connectivity index (χ1n) is 6.73. The summed E-state index contributed by atoms with van der Waals surface area (Å²) < 4.78 is 45.8. The highest BCUT2D eigenvalue weighted by Crippen LogP contribution is 2.27. The van der Waals surface area contributed by atoms with Gasteiger partial charge in [0.05, 0.1) is 12.1 Å². The lowest BCUT2D eigenvalue weighted by Crippen LogP contribution is -2.18. The lowest BCUT2D eigenvalue weighted by molar-refractivity contribution is -0.170. The summed E-state index contributed by atoms with van der Waals surface area (Å²) in [7, 11) is 0. The molecule has 0 aliphatic heterocycles. The summed E-state index contributed by atoms with van der Waals surface area (Å²) in [6.07, 6.45) is -2.49. The minimum absolute atomic E-state index is 0.170. The van der Waals surface area contributed by atoms with Gasteiger partial charge in [-0.3, -0.25) is 0 Å². The van der Waals surface area contributed by atoms with Gasteiger partial charge in [0.1, 0.15) is 0 Å². The van der Waals surface area contributed by atoms with Crippen LogP contribution in [0.5, 0.6) is 0 Å². The largest absolute Gasteiger partial charge is 0.391 e. The van der Waals surface area contributed by atoms with E-state index in [2.05, 4.69) is 20.8 Å². The molecule has 0 heterocycles. The summed E-state index contributed by atoms with van der Waals surface area (Å²) in [6, 6.07) is 0. The van der Waals surface area contributed by atoms with E-state index in [-0.39, 0.29) is 6.42 Å². The van der Waals surface area contributed by atoms with E-state index in [1.54, 1.807) is 6.92 Å². The number of hydrogen-bond acceptors (Lipinski definition) is 0. The van der Waals surface area contributed by atoms with Crippen molar-refractivity contribution in [3.05, 3.63) is 0 Å². The molecule has 0 aromatic heterocycles. The number of halogens is 4. The molecule has 0 saturated heterocycles. The van der Waals surface area contributed by atoms with Crippen molar-refractivity contribution in [2.24, 2.45) is 11.8 Å². The van der Waals surface area contributed by atoms with E-state index in [1.165, 1.54) is 20.3 Å². The zero-order valence-electron chi connectivity index (χ0n) is 12.9. The van der Waals surface area contributed by atoms with Crippen molar-refractivity contribution in [2.45, 2.75) is 80.1 Å². The van der Waals surface area contributed by atoms with Gasteiger partial charge in [-0.15, -0.1) is 0 Å². The first-order valence-corrected chi connectivity index (χ1v) is 6.73. The van der Waals surface area contributed by atoms with Crippen LogP contribution in [0.25, 0.3) is 0 Å². The van der Waals surface area contributed by atoms with Gasteiger partial charge in [-0.1, -0.05) is 48.0 Å². The third-order valence-corrected chi connectivity index (χ3v) is 2.55. The van der Waals surface area contributed by atoms with E-state index in [9.17, 15) is 17.6 Å². The molecular weight excluding hydrogens is 244 g/mol. The fourth-order valence-corrected chi connectivity index (χ4v) is 0.231. The van der Waals surface area contributed by atoms with Gasteiger partial charge in [-0.25, -0.2) is 4.39 Å². The number of alkyl halides is 4. The van der Waals surface area contributed by atoms with Gasteiger partial charge in [-0.2, -0.15) is 13.2 Å². The smallest absolute Gasteiger partial charge is 0.248 e. The van der Waals surface area contributed by atoms with Gasteiger partial charge >= 0.3 is 6.18 Å². The Morgan fingerprint density at radius 2 is 1.06 bits per heavy atom. The van der Waals surface area contributed by atoms with E-state index >= 15 is 0 Å². The molecule has 2 atom stereocenters. The zero-order valence-corrected chi connectivity index (χ0v) is 12.9. The maximum absolute atomic E-state index is 11.4. The second-order valence-corrected chi connectivity index (χ2v) is 4.84. The maximum Gasteiger partial charge on any atom is 0.391 e. The lowest BCUT2D eigenvalue weighted by atomic mass is 10.1. The van der Waals surface area contributed by atoms with Crippen LogP contribution in [0.4, 0.5) is 17.6 Å². The summed E-state index contributed by atoms with van der Waals surface area (Å²) in [5.41, 5.74) is 0. The molecule has 0 saturated carbocycles. The predicted molar refractivity (Wildman–Crippen MR) is 71.5 cm³/mol. The molecule has 0 spiro atoms. The summed E-state index contributed by atoms with van der Waals surface area (Å²) in [5, 5.41) is 0. The van der Waals surface area contributed by atoms with Gasteiger partial charge in [0.2, 0.25) is 0 Å². The number of rotatable bonds is 3. The molecule has 0 nitrogen and oxygen atoms in total. The summed E-state index contributed by atoms with van der Waals surface area (Å²) in [5.74, 6) is -0.266. The first kappa shape index (κ1) is 22.9. The van der Waals surface area contributed by atoms with E-state index in [4.69, 9.17) is 0 Å². The molecule has 0 radical (unpaired) electrons. The van der Waals surface area contributed by atoms with Gasteiger partial charge in [-0.05, 0) is 25.7 Å². The molecule has 0 aliphatic carbocycles. The molecule has 0 rings (SSSR count). The fraction of sp³-hybridized carbons (Fsp3) is 1.00. The molecule has 0 aromatic carbocycles. The van der Waals surface area contributed by atoms with Crippen LogP contribution in [-0.4, -0.2) is 12.3 Å². The highest BCUT2D eigenvalue weighted by Gasteiger charge is 2.33. The van der Waals surface area contributed by atoms with E-state index in [0.29, 0.717) is 6.42 Å². The summed E-state index contributed by atoms with van der Waals surface area (Å²) in [4.78, 5) is 0. The van der Waals surface area contributed by atoms with Gasteiger partial charge < -0.3 is 0 Å². The summed E-state index contributed by atoms with van der Waals surface area (Å²) >= 11 is 0. The molecule has 2 unspecified atom stereocenters. The molecule has 0 bridgehead atoms. The van der Waals surface area contributed by atoms with Crippen LogP contribution < -0.4 is 0 Å². The molecule has 18 heavy (non-hydrogen) atoms. The minimum atomic E-state index is -3.99. The monoisotopic (exact) mass is 274 g/mol. The third-order valence-electron chi connectivity index (χ3n) is 2.55. The average Bonchev–Trinajstić information content (AvgIpc) is 2.28. The Balaban J connectivity index is -0.000000197. The Morgan fingerprint density at radius 1 is 0.778 bits per heavy atom. The topological polar surface area (TPSA) is 0 Å². The standard InChI is InChI=1S/C5H9F3.C5H12.C4H9F/c1-3-4(2)5(6,7)8;1-4-5(2)3;1-3-4(2)5/h4H,3H2,1-2H3;5H,4H2,1-3H3;4H,3H2,1-2H3. The summed E-state index contributed by atoms with van der Waals surface area (Å²) in [6.45, 7) is 12.7. The quantitative estimate of drug-likeness (QED) is 0.522. The SMILES string of the molecule is CCC(C)C.CCC(C)C(F)(F)F.CCC(C)F. The third kappa shape index (κ3) is 24.8. The highest BCUT2D eigenvalue weighted by molar-refractivity contribution is 4.58. The molecule has 0 N–H and O–H groups in total. The van der Waals surface area contributed by atoms with Gasteiger partial charge in [0, 0.05) is 0 Å². The predicted octanol–water partition coefficient (Wildman–Crippen LogP) is 6.40. The van der Waals surface area contributed by atoms with Crippen LogP contribution in [0.2, 0.25) is 0 Å². The van der Waals surface area contributed by atoms with Gasteiger partial charge in [0.15, 0.2) is 0 Å². The Bertz CT molecular complexity index is 142. The first-order chi connectivity index (χ1) is 8.02. The van der Waals surface area contributed by atoms with Crippen molar-refractivity contribution in [2.75, 3.05) is 0 Å².